The van der Waals surface area contributed by atoms with E-state index >= 15 is 0 Å². The predicted molar refractivity (Wildman–Crippen MR) is 85.9 cm³/mol. The van der Waals surface area contributed by atoms with E-state index in [-0.39, 0.29) is 11.5 Å². The smallest absolute Gasteiger partial charge is 0.371 e. The summed E-state index contributed by atoms with van der Waals surface area (Å²) in [4.78, 5) is 29.9. The normalized spacial score (nSPS) is 11.2. The molecule has 116 valence electrons. The molecule has 2 rings (SSSR count). The SMILES string of the molecule is COC(=O)Sc1ccc(-c2ccc(CP(=O)(O)O)cc2)cc1. The molecule has 0 aromatic heterocycles. The van der Waals surface area contributed by atoms with Gasteiger partial charge in [0.2, 0.25) is 0 Å². The molecule has 0 fully saturated rings. The van der Waals surface area contributed by atoms with Crippen LogP contribution in [0.25, 0.3) is 11.1 Å². The lowest BCUT2D eigenvalue weighted by Gasteiger charge is -2.07. The molecule has 5 nitrogen and oxygen atoms in total. The van der Waals surface area contributed by atoms with Crippen LogP contribution in [0.2, 0.25) is 0 Å². The summed E-state index contributed by atoms with van der Waals surface area (Å²) in [5, 5.41) is -0.366. The molecule has 22 heavy (non-hydrogen) atoms. The number of methoxy groups -OCH3 is 1. The fourth-order valence-corrected chi connectivity index (χ4v) is 3.13. The lowest BCUT2D eigenvalue weighted by atomic mass is 10.0. The minimum absolute atomic E-state index is 0.262. The molecule has 0 saturated heterocycles. The fraction of sp³-hybridized carbons (Fsp3) is 0.133. The second-order valence-electron chi connectivity index (χ2n) is 4.60. The molecule has 0 bridgehead atoms. The molecule has 0 amide bonds. The van der Waals surface area contributed by atoms with E-state index in [1.807, 2.05) is 36.4 Å². The van der Waals surface area contributed by atoms with E-state index < -0.39 is 7.60 Å². The summed E-state index contributed by atoms with van der Waals surface area (Å²) in [6, 6.07) is 14.4. The van der Waals surface area contributed by atoms with Gasteiger partial charge in [-0.3, -0.25) is 4.57 Å². The van der Waals surface area contributed by atoms with Crippen molar-refractivity contribution in [1.82, 2.24) is 0 Å². The molecule has 0 aliphatic rings. The van der Waals surface area contributed by atoms with E-state index in [4.69, 9.17) is 9.79 Å². The number of hydrogen-bond acceptors (Lipinski definition) is 4. The quantitative estimate of drug-likeness (QED) is 0.500. The highest BCUT2D eigenvalue weighted by Gasteiger charge is 2.13. The van der Waals surface area contributed by atoms with Gasteiger partial charge in [-0.1, -0.05) is 36.4 Å². The average molecular weight is 338 g/mol. The van der Waals surface area contributed by atoms with Gasteiger partial charge in [-0.05, 0) is 40.6 Å². The van der Waals surface area contributed by atoms with Gasteiger partial charge in [0.25, 0.3) is 0 Å². The average Bonchev–Trinajstić information content (AvgIpc) is 2.47. The second kappa shape index (κ2) is 7.11. The minimum atomic E-state index is -4.04. The van der Waals surface area contributed by atoms with Crippen LogP contribution in [-0.4, -0.2) is 22.2 Å². The topological polar surface area (TPSA) is 83.8 Å². The van der Waals surface area contributed by atoms with E-state index in [1.165, 1.54) is 7.11 Å². The molecule has 0 spiro atoms. The van der Waals surface area contributed by atoms with Crippen molar-refractivity contribution in [3.8, 4) is 11.1 Å². The number of carbonyl (C=O) groups is 1. The zero-order chi connectivity index (χ0) is 16.2. The van der Waals surface area contributed by atoms with Crippen LogP contribution in [0.4, 0.5) is 4.79 Å². The van der Waals surface area contributed by atoms with Gasteiger partial charge in [0.15, 0.2) is 0 Å². The first kappa shape index (κ1) is 16.8. The van der Waals surface area contributed by atoms with E-state index in [9.17, 15) is 9.36 Å². The molecule has 0 saturated carbocycles. The van der Waals surface area contributed by atoms with Crippen LogP contribution in [0.5, 0.6) is 0 Å². The highest BCUT2D eigenvalue weighted by atomic mass is 32.2. The molecule has 0 radical (unpaired) electrons. The molecule has 7 heteroatoms. The van der Waals surface area contributed by atoms with Crippen molar-refractivity contribution in [3.63, 3.8) is 0 Å². The van der Waals surface area contributed by atoms with E-state index in [1.54, 1.807) is 12.1 Å². The van der Waals surface area contributed by atoms with Crippen LogP contribution >= 0.6 is 19.4 Å². The van der Waals surface area contributed by atoms with Gasteiger partial charge in [0, 0.05) is 4.90 Å². The number of carbonyl (C=O) groups excluding carboxylic acids is 1. The van der Waals surface area contributed by atoms with Gasteiger partial charge in [-0.15, -0.1) is 0 Å². The van der Waals surface area contributed by atoms with Gasteiger partial charge in [0.1, 0.15) is 0 Å². The molecule has 0 unspecified atom stereocenters. The van der Waals surface area contributed by atoms with Crippen molar-refractivity contribution in [3.05, 3.63) is 54.1 Å². The van der Waals surface area contributed by atoms with Gasteiger partial charge in [-0.2, -0.15) is 0 Å². The molecule has 0 aliphatic carbocycles. The largest absolute Gasteiger partial charge is 0.461 e. The first-order valence-electron chi connectivity index (χ1n) is 6.37. The Bertz CT molecular complexity index is 691. The maximum absolute atomic E-state index is 11.2. The molecule has 2 N–H and O–H groups in total. The summed E-state index contributed by atoms with van der Waals surface area (Å²) >= 11 is 1.01. The molecule has 2 aromatic rings. The van der Waals surface area contributed by atoms with Crippen LogP contribution in [0, 0.1) is 0 Å². The highest BCUT2D eigenvalue weighted by Crippen LogP contribution is 2.39. The summed E-state index contributed by atoms with van der Waals surface area (Å²) in [6.45, 7) is 0. The third-order valence-electron chi connectivity index (χ3n) is 2.90. The Balaban J connectivity index is 2.11. The monoisotopic (exact) mass is 338 g/mol. The number of ether oxygens (including phenoxy) is 1. The lowest BCUT2D eigenvalue weighted by molar-refractivity contribution is 0.200. The number of thioether (sulfide) groups is 1. The zero-order valence-electron chi connectivity index (χ0n) is 11.8. The van der Waals surface area contributed by atoms with E-state index in [0.29, 0.717) is 5.56 Å². The first-order valence-corrected chi connectivity index (χ1v) is 8.98. The summed E-state index contributed by atoms with van der Waals surface area (Å²) in [6.07, 6.45) is -0.262. The van der Waals surface area contributed by atoms with Crippen LogP contribution < -0.4 is 0 Å². The Morgan fingerprint density at radius 3 is 2.00 bits per heavy atom. The van der Waals surface area contributed by atoms with Crippen molar-refractivity contribution < 1.29 is 23.9 Å². The number of benzene rings is 2. The number of rotatable bonds is 4. The Morgan fingerprint density at radius 2 is 1.55 bits per heavy atom. The Morgan fingerprint density at radius 1 is 1.05 bits per heavy atom. The van der Waals surface area contributed by atoms with Crippen LogP contribution in [0.3, 0.4) is 0 Å². The Labute approximate surface area is 132 Å². The number of hydrogen-bond donors (Lipinski definition) is 2. The van der Waals surface area contributed by atoms with Crippen molar-refractivity contribution in [1.29, 1.82) is 0 Å². The predicted octanol–water partition coefficient (Wildman–Crippen LogP) is 3.89. The van der Waals surface area contributed by atoms with Crippen molar-refractivity contribution >= 4 is 24.7 Å². The molecule has 0 atom stereocenters. The van der Waals surface area contributed by atoms with Gasteiger partial charge < -0.3 is 14.5 Å². The standard InChI is InChI=1S/C15H15O5PS/c1-20-15(16)22-14-8-6-13(7-9-14)12-4-2-11(3-5-12)10-21(17,18)19/h2-9H,10H2,1H3,(H2,17,18,19). The first-order chi connectivity index (χ1) is 10.4. The third-order valence-corrected chi connectivity index (χ3v) is 4.52. The van der Waals surface area contributed by atoms with Gasteiger partial charge in [-0.25, -0.2) is 4.79 Å². The van der Waals surface area contributed by atoms with Crippen LogP contribution in [0.1, 0.15) is 5.56 Å². The van der Waals surface area contributed by atoms with E-state index in [0.717, 1.165) is 27.8 Å². The molecular formula is C15H15O5PS. The van der Waals surface area contributed by atoms with Gasteiger partial charge in [0.05, 0.1) is 13.3 Å². The van der Waals surface area contributed by atoms with Gasteiger partial charge >= 0.3 is 12.9 Å². The van der Waals surface area contributed by atoms with Crippen molar-refractivity contribution in [2.45, 2.75) is 11.1 Å². The molecule has 2 aromatic carbocycles. The summed E-state index contributed by atoms with van der Waals surface area (Å²) in [5.41, 5.74) is 2.48. The highest BCUT2D eigenvalue weighted by molar-refractivity contribution is 8.13. The summed E-state index contributed by atoms with van der Waals surface area (Å²) in [7, 11) is -2.71. The molecular weight excluding hydrogens is 323 g/mol. The lowest BCUT2D eigenvalue weighted by Crippen LogP contribution is -1.90. The zero-order valence-corrected chi connectivity index (χ0v) is 13.5. The van der Waals surface area contributed by atoms with Crippen LogP contribution in [-0.2, 0) is 15.5 Å². The fourth-order valence-electron chi connectivity index (χ4n) is 1.89. The van der Waals surface area contributed by atoms with Crippen molar-refractivity contribution in [2.75, 3.05) is 7.11 Å². The third kappa shape index (κ3) is 5.00. The van der Waals surface area contributed by atoms with E-state index in [2.05, 4.69) is 4.74 Å². The van der Waals surface area contributed by atoms with Crippen LogP contribution in [0.15, 0.2) is 53.4 Å². The maximum atomic E-state index is 11.2. The second-order valence-corrected chi connectivity index (χ2v) is 7.25. The summed E-state index contributed by atoms with van der Waals surface area (Å²) < 4.78 is 15.5. The Kier molecular flexibility index (Phi) is 5.42. The van der Waals surface area contributed by atoms with Crippen molar-refractivity contribution in [2.24, 2.45) is 0 Å². The Hall–Kier alpha value is -1.59. The molecule has 0 aliphatic heterocycles. The maximum Gasteiger partial charge on any atom is 0.371 e. The minimum Gasteiger partial charge on any atom is -0.461 e. The summed E-state index contributed by atoms with van der Waals surface area (Å²) in [5.74, 6) is 0. The molecule has 0 heterocycles.